The van der Waals surface area contributed by atoms with Gasteiger partial charge < -0.3 is 14.3 Å². The van der Waals surface area contributed by atoms with Gasteiger partial charge >= 0.3 is 6.72 Å². The van der Waals surface area contributed by atoms with E-state index in [2.05, 4.69) is 32.0 Å². The lowest BCUT2D eigenvalue weighted by atomic mass is 9.88. The van der Waals surface area contributed by atoms with E-state index in [1.807, 2.05) is 42.5 Å². The zero-order valence-corrected chi connectivity index (χ0v) is 17.1. The summed E-state index contributed by atoms with van der Waals surface area (Å²) in [6, 6.07) is 22.0. The summed E-state index contributed by atoms with van der Waals surface area (Å²) >= 11 is 4.75. The molecule has 0 bridgehead atoms. The van der Waals surface area contributed by atoms with E-state index >= 15 is 0 Å². The first-order valence-electron chi connectivity index (χ1n) is 8.99. The summed E-state index contributed by atoms with van der Waals surface area (Å²) in [6.07, 6.45) is 1.75. The maximum atomic E-state index is 9.79. The minimum Gasteiger partial charge on any atom is -0.424 e. The molecule has 0 aliphatic carbocycles. The van der Waals surface area contributed by atoms with Crippen LogP contribution in [0, 0.1) is 0 Å². The van der Waals surface area contributed by atoms with Crippen LogP contribution < -0.4 is 4.52 Å². The summed E-state index contributed by atoms with van der Waals surface area (Å²) in [5.41, 5.74) is 6.34. The van der Waals surface area contributed by atoms with Crippen molar-refractivity contribution >= 4 is 18.5 Å². The lowest BCUT2D eigenvalue weighted by molar-refractivity contribution is 0.371. The van der Waals surface area contributed by atoms with Gasteiger partial charge in [0, 0.05) is 17.4 Å². The second-order valence-corrected chi connectivity index (χ2v) is 8.87. The Bertz CT molecular complexity index is 994. The molecule has 5 heteroatoms. The highest BCUT2D eigenvalue weighted by atomic mass is 32.5. The van der Waals surface area contributed by atoms with E-state index in [0.29, 0.717) is 5.75 Å². The van der Waals surface area contributed by atoms with Crippen LogP contribution in [0.2, 0.25) is 0 Å². The third-order valence-electron chi connectivity index (χ3n) is 4.60. The Labute approximate surface area is 165 Å². The highest BCUT2D eigenvalue weighted by Crippen LogP contribution is 2.47. The fourth-order valence-electron chi connectivity index (χ4n) is 3.40. The molecule has 27 heavy (non-hydrogen) atoms. The summed E-state index contributed by atoms with van der Waals surface area (Å²) in [4.78, 5) is 19.6. The summed E-state index contributed by atoms with van der Waals surface area (Å²) in [5, 5.41) is 0. The fraction of sp³-hybridized carbons (Fsp3) is 0.182. The lowest BCUT2D eigenvalue weighted by Gasteiger charge is -2.20. The van der Waals surface area contributed by atoms with E-state index in [9.17, 15) is 9.79 Å². The zero-order valence-electron chi connectivity index (χ0n) is 15.4. The van der Waals surface area contributed by atoms with Crippen molar-refractivity contribution in [2.45, 2.75) is 26.7 Å². The van der Waals surface area contributed by atoms with E-state index in [1.165, 1.54) is 5.56 Å². The van der Waals surface area contributed by atoms with E-state index in [1.54, 1.807) is 6.07 Å². The minimum absolute atomic E-state index is 0.396. The number of hydrogen-bond donors (Lipinski definition) is 2. The first-order valence-corrected chi connectivity index (χ1v) is 11.6. The zero-order chi connectivity index (χ0) is 19.4. The summed E-state index contributed by atoms with van der Waals surface area (Å²) in [7, 11) is 0. The van der Waals surface area contributed by atoms with E-state index in [4.69, 9.17) is 16.3 Å². The van der Waals surface area contributed by atoms with Gasteiger partial charge in [0.25, 0.3) is 0 Å². The largest absolute Gasteiger partial charge is 0.424 e. The first-order chi connectivity index (χ1) is 12.9. The van der Waals surface area contributed by atoms with Gasteiger partial charge in [-0.25, -0.2) is 0 Å². The van der Waals surface area contributed by atoms with Crippen molar-refractivity contribution in [3.05, 3.63) is 77.9 Å². The van der Waals surface area contributed by atoms with Crippen LogP contribution in [-0.2, 0) is 24.6 Å². The highest BCUT2D eigenvalue weighted by molar-refractivity contribution is 8.06. The molecule has 3 nitrogen and oxygen atoms in total. The Balaban J connectivity index is 2.35. The molecule has 2 N–H and O–H groups in total. The molecule has 3 aromatic carbocycles. The molecular formula is C22H23O3PS. The number of benzene rings is 3. The molecule has 0 atom stereocenters. The molecule has 0 spiro atoms. The van der Waals surface area contributed by atoms with Crippen LogP contribution in [0.3, 0.4) is 0 Å². The van der Waals surface area contributed by atoms with Gasteiger partial charge in [-0.05, 0) is 46.7 Å². The summed E-state index contributed by atoms with van der Waals surface area (Å²) in [6.45, 7) is 0.371. The van der Waals surface area contributed by atoms with Gasteiger partial charge in [0.1, 0.15) is 5.75 Å². The quantitative estimate of drug-likeness (QED) is 0.521. The van der Waals surface area contributed by atoms with Crippen molar-refractivity contribution in [2.75, 3.05) is 0 Å². The van der Waals surface area contributed by atoms with Crippen LogP contribution in [-0.4, -0.2) is 9.79 Å². The number of hydrogen-bond acceptors (Lipinski definition) is 2. The van der Waals surface area contributed by atoms with Gasteiger partial charge in [-0.3, -0.25) is 0 Å². The van der Waals surface area contributed by atoms with Gasteiger partial charge in [0.05, 0.1) is 0 Å². The van der Waals surface area contributed by atoms with Crippen molar-refractivity contribution in [1.29, 1.82) is 0 Å². The first kappa shape index (κ1) is 19.8. The van der Waals surface area contributed by atoms with Crippen LogP contribution >= 0.6 is 6.72 Å². The smallest absolute Gasteiger partial charge is 0.375 e. The molecular weight excluding hydrogens is 375 g/mol. The fourth-order valence-corrected chi connectivity index (χ4v) is 4.05. The Hall–Kier alpha value is -1.97. The maximum Gasteiger partial charge on any atom is 0.375 e. The van der Waals surface area contributed by atoms with Crippen LogP contribution in [0.25, 0.3) is 22.3 Å². The second-order valence-electron chi connectivity index (χ2n) is 6.28. The van der Waals surface area contributed by atoms with Gasteiger partial charge in [-0.2, -0.15) is 0 Å². The van der Waals surface area contributed by atoms with Gasteiger partial charge in [0.2, 0.25) is 0 Å². The molecule has 0 radical (unpaired) electrons. The SMILES string of the molecule is CCc1ccccc1-c1cccc(OP(O)(O)=S)c1-c1ccccc1CC. The Morgan fingerprint density at radius 2 is 1.26 bits per heavy atom. The van der Waals surface area contributed by atoms with Crippen molar-refractivity contribution in [2.24, 2.45) is 0 Å². The second kappa shape index (κ2) is 8.37. The molecule has 0 aliphatic heterocycles. The monoisotopic (exact) mass is 398 g/mol. The van der Waals surface area contributed by atoms with E-state index < -0.39 is 6.72 Å². The molecule has 0 saturated carbocycles. The van der Waals surface area contributed by atoms with Crippen LogP contribution in [0.15, 0.2) is 66.7 Å². The Kier molecular flexibility index (Phi) is 6.13. The van der Waals surface area contributed by atoms with Crippen molar-refractivity contribution in [3.63, 3.8) is 0 Å². The molecule has 140 valence electrons. The van der Waals surface area contributed by atoms with Crippen molar-refractivity contribution < 1.29 is 14.3 Å². The van der Waals surface area contributed by atoms with Crippen LogP contribution in [0.5, 0.6) is 5.75 Å². The maximum absolute atomic E-state index is 9.79. The molecule has 0 fully saturated rings. The van der Waals surface area contributed by atoms with Gasteiger partial charge in [-0.1, -0.05) is 74.5 Å². The number of rotatable bonds is 6. The Morgan fingerprint density at radius 3 is 1.85 bits per heavy atom. The minimum atomic E-state index is -3.86. The normalized spacial score (nSPS) is 11.4. The van der Waals surface area contributed by atoms with Crippen LogP contribution in [0.1, 0.15) is 25.0 Å². The van der Waals surface area contributed by atoms with Gasteiger partial charge in [0.15, 0.2) is 0 Å². The van der Waals surface area contributed by atoms with Crippen LogP contribution in [0.4, 0.5) is 0 Å². The molecule has 0 aromatic heterocycles. The predicted octanol–water partition coefficient (Wildman–Crippen LogP) is 5.73. The van der Waals surface area contributed by atoms with Crippen molar-refractivity contribution in [3.8, 4) is 28.0 Å². The summed E-state index contributed by atoms with van der Waals surface area (Å²) in [5.74, 6) is 0.396. The highest BCUT2D eigenvalue weighted by Gasteiger charge is 2.20. The molecule has 0 amide bonds. The topological polar surface area (TPSA) is 49.7 Å². The summed E-state index contributed by atoms with van der Waals surface area (Å²) < 4.78 is 5.46. The lowest BCUT2D eigenvalue weighted by Crippen LogP contribution is -1.98. The molecule has 3 rings (SSSR count). The average molecular weight is 398 g/mol. The predicted molar refractivity (Wildman–Crippen MR) is 115 cm³/mol. The van der Waals surface area contributed by atoms with Crippen molar-refractivity contribution in [1.82, 2.24) is 0 Å². The molecule has 0 saturated heterocycles. The Morgan fingerprint density at radius 1 is 0.741 bits per heavy atom. The molecule has 0 heterocycles. The molecule has 0 unspecified atom stereocenters. The van der Waals surface area contributed by atoms with E-state index in [0.717, 1.165) is 40.7 Å². The third-order valence-corrected chi connectivity index (χ3v) is 5.26. The molecule has 0 aliphatic rings. The molecule has 3 aromatic rings. The number of aryl methyl sites for hydroxylation is 2. The third kappa shape index (κ3) is 4.48. The average Bonchev–Trinajstić information content (AvgIpc) is 2.66. The van der Waals surface area contributed by atoms with Gasteiger partial charge in [-0.15, -0.1) is 0 Å². The standard InChI is InChI=1S/C22H23O3PS/c1-3-16-10-5-7-12-18(16)20-14-9-15-21(25-26(23,24)27)22(20)19-13-8-6-11-17(19)4-2/h5-15H,3-4H2,1-2H3,(H2,23,24,27). The van der Waals surface area contributed by atoms with E-state index in [-0.39, 0.29) is 0 Å².